The van der Waals surface area contributed by atoms with Crippen molar-refractivity contribution in [3.63, 3.8) is 0 Å². The zero-order valence-corrected chi connectivity index (χ0v) is 46.8. The number of hydrogen-bond acceptors (Lipinski definition) is 6. The molecule has 410 valence electrons. The van der Waals surface area contributed by atoms with Gasteiger partial charge in [-0.15, -0.1) is 0 Å². The van der Waals surface area contributed by atoms with E-state index in [9.17, 15) is 14.4 Å². The van der Waals surface area contributed by atoms with Crippen LogP contribution < -0.4 is 0 Å². The van der Waals surface area contributed by atoms with Crippen LogP contribution in [0.15, 0.2) is 146 Å². The molecule has 0 amide bonds. The number of rotatable bonds is 51. The van der Waals surface area contributed by atoms with Crippen LogP contribution in [0.25, 0.3) is 0 Å². The molecule has 0 bridgehead atoms. The Morgan fingerprint density at radius 2 is 0.534 bits per heavy atom. The number of esters is 3. The average molecular weight is 1010 g/mol. The third-order valence-electron chi connectivity index (χ3n) is 11.8. The molecular weight excluding hydrogens is 901 g/mol. The van der Waals surface area contributed by atoms with Crippen LogP contribution in [0, 0.1) is 0 Å². The van der Waals surface area contributed by atoms with E-state index in [1.807, 2.05) is 0 Å². The van der Waals surface area contributed by atoms with Gasteiger partial charge in [-0.25, -0.2) is 0 Å². The molecule has 1 unspecified atom stereocenters. The van der Waals surface area contributed by atoms with Crippen LogP contribution in [-0.4, -0.2) is 37.2 Å². The largest absolute Gasteiger partial charge is 0.462 e. The van der Waals surface area contributed by atoms with Gasteiger partial charge in [-0.05, 0) is 122 Å². The standard InChI is InChI=1S/C67H106O6/c1-4-7-10-13-16-19-21-23-25-27-29-31-32-33-34-36-37-39-41-43-45-48-51-54-57-60-66(69)72-63-64(62-71-65(68)59-56-53-50-47-18-15-12-9-6-3)73-67(70)61-58-55-52-49-46-44-42-40-38-35-30-28-26-24-22-20-17-14-11-8-5-2/h7-8,10-11,16-17,19-20,23-26,29-31,33-35,37,39-40,42,46,49,64H,4-6,9,12-15,18,21-22,27-28,32,36,38,41,43-45,47-48,50-63H2,1-3H3/b10-7-,11-8-,19-16-,20-17-,25-23-,26-24-,31-29-,34-33-,35-30-,39-37-,42-40-,49-46-. The van der Waals surface area contributed by atoms with Gasteiger partial charge in [0.2, 0.25) is 0 Å². The Bertz CT molecular complexity index is 1630. The fourth-order valence-corrected chi connectivity index (χ4v) is 7.51. The second-order valence-electron chi connectivity index (χ2n) is 18.8. The molecule has 0 aliphatic rings. The van der Waals surface area contributed by atoms with E-state index in [1.165, 1.54) is 51.4 Å². The van der Waals surface area contributed by atoms with Gasteiger partial charge in [0.25, 0.3) is 0 Å². The van der Waals surface area contributed by atoms with E-state index in [4.69, 9.17) is 14.2 Å². The number of allylic oxidation sites excluding steroid dienone is 24. The molecule has 0 aliphatic carbocycles. The molecule has 0 spiro atoms. The van der Waals surface area contributed by atoms with Gasteiger partial charge in [-0.2, -0.15) is 0 Å². The lowest BCUT2D eigenvalue weighted by atomic mass is 10.1. The van der Waals surface area contributed by atoms with Gasteiger partial charge in [-0.1, -0.05) is 244 Å². The third kappa shape index (κ3) is 58.1. The molecule has 0 heterocycles. The quantitative estimate of drug-likeness (QED) is 0.0261. The van der Waals surface area contributed by atoms with Gasteiger partial charge < -0.3 is 14.2 Å². The molecule has 0 fully saturated rings. The van der Waals surface area contributed by atoms with Crippen LogP contribution in [0.5, 0.6) is 0 Å². The predicted octanol–water partition coefficient (Wildman–Crippen LogP) is 20.0. The monoisotopic (exact) mass is 1010 g/mol. The first-order valence-electron chi connectivity index (χ1n) is 29.3. The van der Waals surface area contributed by atoms with E-state index in [2.05, 4.69) is 167 Å². The van der Waals surface area contributed by atoms with Crippen LogP contribution in [-0.2, 0) is 28.6 Å². The van der Waals surface area contributed by atoms with E-state index < -0.39 is 6.10 Å². The van der Waals surface area contributed by atoms with Gasteiger partial charge in [0.1, 0.15) is 13.2 Å². The van der Waals surface area contributed by atoms with Crippen molar-refractivity contribution in [2.75, 3.05) is 13.2 Å². The van der Waals surface area contributed by atoms with Crippen molar-refractivity contribution >= 4 is 17.9 Å². The minimum Gasteiger partial charge on any atom is -0.462 e. The summed E-state index contributed by atoms with van der Waals surface area (Å²) < 4.78 is 16.8. The number of carbonyl (C=O) groups is 3. The molecule has 0 saturated heterocycles. The van der Waals surface area contributed by atoms with Crippen molar-refractivity contribution in [2.45, 2.75) is 245 Å². The molecule has 0 aliphatic heterocycles. The van der Waals surface area contributed by atoms with Gasteiger partial charge in [0.05, 0.1) is 0 Å². The van der Waals surface area contributed by atoms with Gasteiger partial charge in [0.15, 0.2) is 6.10 Å². The molecule has 0 N–H and O–H groups in total. The Morgan fingerprint density at radius 1 is 0.288 bits per heavy atom. The van der Waals surface area contributed by atoms with Crippen molar-refractivity contribution in [3.05, 3.63) is 146 Å². The Kier molecular flexibility index (Phi) is 56.0. The zero-order chi connectivity index (χ0) is 52.9. The Morgan fingerprint density at radius 3 is 0.863 bits per heavy atom. The fraction of sp³-hybridized carbons (Fsp3) is 0.597. The third-order valence-corrected chi connectivity index (χ3v) is 11.8. The number of unbranched alkanes of at least 4 members (excludes halogenated alkanes) is 16. The van der Waals surface area contributed by atoms with Crippen molar-refractivity contribution in [1.29, 1.82) is 0 Å². The lowest BCUT2D eigenvalue weighted by Crippen LogP contribution is -2.30. The highest BCUT2D eigenvalue weighted by Gasteiger charge is 2.19. The summed E-state index contributed by atoms with van der Waals surface area (Å²) in [4.78, 5) is 38.1. The molecular formula is C67H106O6. The summed E-state index contributed by atoms with van der Waals surface area (Å²) in [5.74, 6) is -0.972. The lowest BCUT2D eigenvalue weighted by molar-refractivity contribution is -0.167. The zero-order valence-electron chi connectivity index (χ0n) is 46.8. The number of carbonyl (C=O) groups excluding carboxylic acids is 3. The van der Waals surface area contributed by atoms with Crippen LogP contribution in [0.2, 0.25) is 0 Å². The molecule has 1 atom stereocenters. The summed E-state index contributed by atoms with van der Waals surface area (Å²) in [6.07, 6.45) is 85.6. The molecule has 0 aromatic rings. The number of ether oxygens (including phenoxy) is 3. The van der Waals surface area contributed by atoms with Crippen LogP contribution in [0.3, 0.4) is 0 Å². The second kappa shape index (κ2) is 59.8. The molecule has 0 aromatic heterocycles. The summed E-state index contributed by atoms with van der Waals surface area (Å²) in [6.45, 7) is 6.33. The van der Waals surface area contributed by atoms with Crippen molar-refractivity contribution in [1.82, 2.24) is 0 Å². The van der Waals surface area contributed by atoms with Crippen molar-refractivity contribution in [3.8, 4) is 0 Å². The Balaban J connectivity index is 4.41. The van der Waals surface area contributed by atoms with E-state index in [-0.39, 0.29) is 37.5 Å². The maximum absolute atomic E-state index is 12.8. The Labute approximate surface area is 448 Å². The van der Waals surface area contributed by atoms with Crippen molar-refractivity contribution < 1.29 is 28.6 Å². The SMILES string of the molecule is CC/C=C\C/C=C\C/C=C\C/C=C\C/C=C\C/C=C\CCCCCCCCC(=O)OCC(COC(=O)CCCCCCCCCCC)OC(=O)CCCC/C=C\C/C=C\C/C=C\C/C=C\C/C=C\C/C=C\CC. The van der Waals surface area contributed by atoms with E-state index in [0.29, 0.717) is 19.3 Å². The molecule has 0 saturated carbocycles. The summed E-state index contributed by atoms with van der Waals surface area (Å²) in [7, 11) is 0. The van der Waals surface area contributed by atoms with E-state index >= 15 is 0 Å². The molecule has 0 rings (SSSR count). The Hall–Kier alpha value is -4.71. The highest BCUT2D eigenvalue weighted by atomic mass is 16.6. The molecule has 73 heavy (non-hydrogen) atoms. The van der Waals surface area contributed by atoms with E-state index in [0.717, 1.165) is 141 Å². The van der Waals surface area contributed by atoms with Gasteiger partial charge >= 0.3 is 17.9 Å². The summed E-state index contributed by atoms with van der Waals surface area (Å²) in [5, 5.41) is 0. The van der Waals surface area contributed by atoms with Crippen LogP contribution in [0.4, 0.5) is 0 Å². The topological polar surface area (TPSA) is 78.9 Å². The summed E-state index contributed by atoms with van der Waals surface area (Å²) in [5.41, 5.74) is 0. The minimum atomic E-state index is -0.812. The first-order valence-corrected chi connectivity index (χ1v) is 29.3. The second-order valence-corrected chi connectivity index (χ2v) is 18.8. The normalized spacial score (nSPS) is 13.2. The maximum atomic E-state index is 12.8. The predicted molar refractivity (Wildman–Crippen MR) is 315 cm³/mol. The summed E-state index contributed by atoms with van der Waals surface area (Å²) in [6, 6.07) is 0. The highest BCUT2D eigenvalue weighted by Crippen LogP contribution is 2.13. The summed E-state index contributed by atoms with van der Waals surface area (Å²) >= 11 is 0. The smallest absolute Gasteiger partial charge is 0.306 e. The average Bonchev–Trinajstić information content (AvgIpc) is 3.39. The molecule has 0 aromatic carbocycles. The first-order chi connectivity index (χ1) is 36.0. The van der Waals surface area contributed by atoms with E-state index in [1.54, 1.807) is 0 Å². The highest BCUT2D eigenvalue weighted by molar-refractivity contribution is 5.71. The molecule has 6 heteroatoms. The molecule has 0 radical (unpaired) electrons. The minimum absolute atomic E-state index is 0.105. The van der Waals surface area contributed by atoms with Crippen molar-refractivity contribution in [2.24, 2.45) is 0 Å². The van der Waals surface area contributed by atoms with Crippen LogP contribution in [0.1, 0.15) is 239 Å². The molecule has 6 nitrogen and oxygen atoms in total. The number of hydrogen-bond donors (Lipinski definition) is 0. The van der Waals surface area contributed by atoms with Gasteiger partial charge in [-0.3, -0.25) is 14.4 Å². The van der Waals surface area contributed by atoms with Gasteiger partial charge in [0, 0.05) is 19.3 Å². The maximum Gasteiger partial charge on any atom is 0.306 e. The van der Waals surface area contributed by atoms with Crippen LogP contribution >= 0.6 is 0 Å². The lowest BCUT2D eigenvalue weighted by Gasteiger charge is -2.18. The first kappa shape index (κ1) is 68.3. The fourth-order valence-electron chi connectivity index (χ4n) is 7.51.